The van der Waals surface area contributed by atoms with Gasteiger partial charge in [-0.3, -0.25) is 14.9 Å². The van der Waals surface area contributed by atoms with E-state index in [2.05, 4.69) is 10.5 Å². The first kappa shape index (κ1) is 24.4. The van der Waals surface area contributed by atoms with Crippen molar-refractivity contribution in [3.63, 3.8) is 0 Å². The van der Waals surface area contributed by atoms with E-state index in [0.29, 0.717) is 18.1 Å². The lowest BCUT2D eigenvalue weighted by Gasteiger charge is -2.12. The second-order valence-electron chi connectivity index (χ2n) is 7.75. The van der Waals surface area contributed by atoms with Crippen molar-refractivity contribution in [2.75, 3.05) is 6.61 Å². The first-order valence-electron chi connectivity index (χ1n) is 10.9. The van der Waals surface area contributed by atoms with Gasteiger partial charge in [0.15, 0.2) is 11.5 Å². The molecule has 8 heteroatoms. The number of carbonyl (C=O) groups is 1. The van der Waals surface area contributed by atoms with Crippen LogP contribution in [0.1, 0.15) is 34.7 Å². The Balaban J connectivity index is 1.61. The van der Waals surface area contributed by atoms with Crippen molar-refractivity contribution in [2.24, 2.45) is 5.10 Å². The number of nitro benzene ring substituents is 1. The topological polar surface area (TPSA) is 103 Å². The monoisotopic (exact) mass is 461 g/mol. The molecule has 0 atom stereocenters. The fourth-order valence-corrected chi connectivity index (χ4v) is 3.25. The van der Waals surface area contributed by atoms with Crippen LogP contribution in [0.15, 0.2) is 65.8 Å². The van der Waals surface area contributed by atoms with Gasteiger partial charge in [-0.2, -0.15) is 5.10 Å². The Bertz CT molecular complexity index is 1190. The number of benzene rings is 3. The van der Waals surface area contributed by atoms with E-state index in [4.69, 9.17) is 9.47 Å². The normalized spacial score (nSPS) is 10.8. The summed E-state index contributed by atoms with van der Waals surface area (Å²) in [6, 6.07) is 17.5. The number of hydrazone groups is 1. The van der Waals surface area contributed by atoms with E-state index in [0.717, 1.165) is 27.8 Å². The van der Waals surface area contributed by atoms with E-state index < -0.39 is 4.92 Å². The Morgan fingerprint density at radius 3 is 2.50 bits per heavy atom. The Hall–Kier alpha value is -4.20. The molecule has 0 fully saturated rings. The number of ether oxygens (including phenoxy) is 2. The van der Waals surface area contributed by atoms with Gasteiger partial charge in [0, 0.05) is 12.1 Å². The third-order valence-electron chi connectivity index (χ3n) is 5.07. The van der Waals surface area contributed by atoms with E-state index in [1.807, 2.05) is 39.0 Å². The third-order valence-corrected chi connectivity index (χ3v) is 5.07. The minimum absolute atomic E-state index is 0.0310. The highest BCUT2D eigenvalue weighted by atomic mass is 16.6. The molecule has 0 aromatic heterocycles. The molecule has 1 amide bonds. The summed E-state index contributed by atoms with van der Waals surface area (Å²) >= 11 is 0. The summed E-state index contributed by atoms with van der Waals surface area (Å²) in [4.78, 5) is 22.6. The van der Waals surface area contributed by atoms with Gasteiger partial charge in [0.05, 0.1) is 24.2 Å². The molecule has 0 aliphatic heterocycles. The molecular formula is C26H27N3O5. The number of nitro groups is 1. The minimum Gasteiger partial charge on any atom is -0.490 e. The van der Waals surface area contributed by atoms with Crippen LogP contribution >= 0.6 is 0 Å². The third kappa shape index (κ3) is 6.90. The van der Waals surface area contributed by atoms with E-state index in [-0.39, 0.29) is 24.6 Å². The maximum absolute atomic E-state index is 12.3. The lowest BCUT2D eigenvalue weighted by molar-refractivity contribution is -0.384. The lowest BCUT2D eigenvalue weighted by atomic mass is 10.0. The number of rotatable bonds is 10. The zero-order valence-electron chi connectivity index (χ0n) is 19.4. The fraction of sp³-hybridized carbons (Fsp3) is 0.231. The van der Waals surface area contributed by atoms with E-state index in [1.54, 1.807) is 36.5 Å². The zero-order valence-corrected chi connectivity index (χ0v) is 19.4. The molecule has 34 heavy (non-hydrogen) atoms. The van der Waals surface area contributed by atoms with Crippen LogP contribution in [0.4, 0.5) is 5.69 Å². The molecule has 0 saturated heterocycles. The molecule has 0 heterocycles. The molecular weight excluding hydrogens is 434 g/mol. The summed E-state index contributed by atoms with van der Waals surface area (Å²) in [7, 11) is 0. The number of carbonyl (C=O) groups excluding carboxylic acids is 1. The number of nitrogens with zero attached hydrogens (tertiary/aromatic N) is 2. The van der Waals surface area contributed by atoms with Gasteiger partial charge in [-0.05, 0) is 73.4 Å². The molecule has 176 valence electrons. The predicted molar refractivity (Wildman–Crippen MR) is 130 cm³/mol. The molecule has 1 N–H and O–H groups in total. The summed E-state index contributed by atoms with van der Waals surface area (Å²) in [6.45, 7) is 6.52. The second kappa shape index (κ2) is 11.6. The summed E-state index contributed by atoms with van der Waals surface area (Å²) < 4.78 is 11.5. The molecule has 0 unspecified atom stereocenters. The fourth-order valence-electron chi connectivity index (χ4n) is 3.25. The first-order chi connectivity index (χ1) is 16.4. The summed E-state index contributed by atoms with van der Waals surface area (Å²) in [5, 5.41) is 14.8. The van der Waals surface area contributed by atoms with E-state index in [9.17, 15) is 14.9 Å². The van der Waals surface area contributed by atoms with Gasteiger partial charge in [0.25, 0.3) is 5.69 Å². The van der Waals surface area contributed by atoms with Crippen molar-refractivity contribution < 1.29 is 19.2 Å². The average Bonchev–Trinajstić information content (AvgIpc) is 2.81. The van der Waals surface area contributed by atoms with Gasteiger partial charge < -0.3 is 9.47 Å². The molecule has 0 aliphatic rings. The van der Waals surface area contributed by atoms with E-state index in [1.165, 1.54) is 12.1 Å². The molecule has 3 aromatic rings. The van der Waals surface area contributed by atoms with E-state index >= 15 is 0 Å². The number of hydrogen-bond donors (Lipinski definition) is 1. The molecule has 0 aliphatic carbocycles. The summed E-state index contributed by atoms with van der Waals surface area (Å²) in [5.74, 6) is 0.879. The van der Waals surface area contributed by atoms with Gasteiger partial charge in [-0.1, -0.05) is 23.8 Å². The number of nitrogens with one attached hydrogen (secondary N) is 1. The van der Waals surface area contributed by atoms with Crippen LogP contribution in [-0.4, -0.2) is 23.7 Å². The highest BCUT2D eigenvalue weighted by Gasteiger charge is 2.09. The lowest BCUT2D eigenvalue weighted by Crippen LogP contribution is -2.20. The van der Waals surface area contributed by atoms with Crippen LogP contribution in [0, 0.1) is 24.0 Å². The number of aryl methyl sites for hydroxylation is 2. The van der Waals surface area contributed by atoms with Crippen LogP contribution in [0.2, 0.25) is 0 Å². The molecule has 0 spiro atoms. The van der Waals surface area contributed by atoms with Crippen molar-refractivity contribution in [1.82, 2.24) is 5.43 Å². The van der Waals surface area contributed by atoms with Crippen molar-refractivity contribution in [2.45, 2.75) is 33.8 Å². The SMILES string of the molecule is CCOc1cc(/C=N/NC(=O)Cc2cc(C)ccc2C)ccc1OCc1ccc([N+](=O)[O-])cc1. The van der Waals surface area contributed by atoms with Crippen LogP contribution < -0.4 is 14.9 Å². The Kier molecular flexibility index (Phi) is 8.34. The zero-order chi connectivity index (χ0) is 24.5. The summed E-state index contributed by atoms with van der Waals surface area (Å²) in [5.41, 5.74) is 7.27. The summed E-state index contributed by atoms with van der Waals surface area (Å²) in [6.07, 6.45) is 1.80. The Morgan fingerprint density at radius 2 is 1.79 bits per heavy atom. The van der Waals surface area contributed by atoms with Crippen molar-refractivity contribution in [1.29, 1.82) is 0 Å². The number of non-ortho nitro benzene ring substituents is 1. The maximum atomic E-state index is 12.3. The standard InChI is InChI=1S/C26H27N3O5/c1-4-33-25-14-21(16-27-28-26(30)15-22-13-18(2)5-6-19(22)3)9-12-24(25)34-17-20-7-10-23(11-8-20)29(31)32/h5-14,16H,4,15,17H2,1-3H3,(H,28,30)/b27-16+. The highest BCUT2D eigenvalue weighted by Crippen LogP contribution is 2.29. The Morgan fingerprint density at radius 1 is 1.03 bits per heavy atom. The molecule has 0 radical (unpaired) electrons. The van der Waals surface area contributed by atoms with Crippen LogP contribution in [0.25, 0.3) is 0 Å². The minimum atomic E-state index is -0.440. The molecule has 3 rings (SSSR count). The largest absolute Gasteiger partial charge is 0.490 e. The van der Waals surface area contributed by atoms with Crippen LogP contribution in [0.3, 0.4) is 0 Å². The van der Waals surface area contributed by atoms with Crippen LogP contribution in [-0.2, 0) is 17.8 Å². The number of hydrogen-bond acceptors (Lipinski definition) is 6. The first-order valence-corrected chi connectivity index (χ1v) is 10.9. The average molecular weight is 462 g/mol. The second-order valence-corrected chi connectivity index (χ2v) is 7.75. The Labute approximate surface area is 198 Å². The smallest absolute Gasteiger partial charge is 0.269 e. The maximum Gasteiger partial charge on any atom is 0.269 e. The highest BCUT2D eigenvalue weighted by molar-refractivity contribution is 5.84. The molecule has 8 nitrogen and oxygen atoms in total. The molecule has 3 aromatic carbocycles. The van der Waals surface area contributed by atoms with Crippen molar-refractivity contribution in [3.05, 3.63) is 98.6 Å². The number of amides is 1. The van der Waals surface area contributed by atoms with Gasteiger partial charge in [0.2, 0.25) is 5.91 Å². The molecule has 0 saturated carbocycles. The molecule has 0 bridgehead atoms. The van der Waals surface area contributed by atoms with Crippen LogP contribution in [0.5, 0.6) is 11.5 Å². The van der Waals surface area contributed by atoms with Crippen molar-refractivity contribution >= 4 is 17.8 Å². The quantitative estimate of drug-likeness (QED) is 0.263. The van der Waals surface area contributed by atoms with Gasteiger partial charge >= 0.3 is 0 Å². The van der Waals surface area contributed by atoms with Gasteiger partial charge in [-0.25, -0.2) is 5.43 Å². The van der Waals surface area contributed by atoms with Gasteiger partial charge in [0.1, 0.15) is 6.61 Å². The predicted octanol–water partition coefficient (Wildman–Crippen LogP) is 4.88. The van der Waals surface area contributed by atoms with Crippen molar-refractivity contribution in [3.8, 4) is 11.5 Å². The van der Waals surface area contributed by atoms with Gasteiger partial charge in [-0.15, -0.1) is 0 Å².